The minimum atomic E-state index is 0. The lowest BCUT2D eigenvalue weighted by atomic mass is 10.0. The van der Waals surface area contributed by atoms with Gasteiger partial charge < -0.3 is 14.8 Å². The maximum Gasteiger partial charge on any atom is 0.161 e. The molecule has 118 valence electrons. The number of hydrogen-bond acceptors (Lipinski definition) is 4. The van der Waals surface area contributed by atoms with Crippen molar-refractivity contribution in [2.45, 2.75) is 6.04 Å². The third-order valence-corrected chi connectivity index (χ3v) is 3.68. The van der Waals surface area contributed by atoms with E-state index in [-0.39, 0.29) is 30.9 Å². The average Bonchev–Trinajstić information content (AvgIpc) is 2.49. The fourth-order valence-electron chi connectivity index (χ4n) is 2.70. The lowest BCUT2D eigenvalue weighted by molar-refractivity contribution is 0.170. The molecule has 2 aliphatic heterocycles. The van der Waals surface area contributed by atoms with Crippen molar-refractivity contribution in [3.05, 3.63) is 36.4 Å². The zero-order chi connectivity index (χ0) is 13.1. The Morgan fingerprint density at radius 3 is 2.43 bits per heavy atom. The molecule has 0 aromatic heterocycles. The molecule has 4 nitrogen and oxygen atoms in total. The molecule has 0 radical (unpaired) electrons. The Labute approximate surface area is 138 Å². The first kappa shape index (κ1) is 18.1. The summed E-state index contributed by atoms with van der Waals surface area (Å²) in [6.45, 7) is 9.42. The zero-order valence-electron chi connectivity index (χ0n) is 11.9. The molecule has 1 fully saturated rings. The summed E-state index contributed by atoms with van der Waals surface area (Å²) in [5.74, 6) is 1.70. The number of rotatable bonds is 3. The third-order valence-electron chi connectivity index (χ3n) is 3.68. The van der Waals surface area contributed by atoms with Crippen LogP contribution in [0.1, 0.15) is 11.6 Å². The molecule has 6 heteroatoms. The van der Waals surface area contributed by atoms with Crippen molar-refractivity contribution in [2.24, 2.45) is 0 Å². The molecule has 1 atom stereocenters. The van der Waals surface area contributed by atoms with E-state index in [9.17, 15) is 0 Å². The molecule has 0 spiro atoms. The van der Waals surface area contributed by atoms with E-state index in [2.05, 4.69) is 28.9 Å². The molecule has 0 bridgehead atoms. The van der Waals surface area contributed by atoms with E-state index in [0.717, 1.165) is 37.7 Å². The van der Waals surface area contributed by atoms with E-state index in [1.807, 2.05) is 12.1 Å². The van der Waals surface area contributed by atoms with Crippen LogP contribution in [0.4, 0.5) is 0 Å². The minimum absolute atomic E-state index is 0. The number of hydrogen-bond donors (Lipinski definition) is 1. The smallest absolute Gasteiger partial charge is 0.161 e. The van der Waals surface area contributed by atoms with Gasteiger partial charge in [-0.25, -0.2) is 0 Å². The highest BCUT2D eigenvalue weighted by molar-refractivity contribution is 5.85. The molecule has 0 amide bonds. The van der Waals surface area contributed by atoms with Crippen molar-refractivity contribution >= 4 is 24.8 Å². The maximum absolute atomic E-state index is 5.66. The summed E-state index contributed by atoms with van der Waals surface area (Å²) in [4.78, 5) is 2.44. The molecular weight excluding hydrogens is 311 g/mol. The highest BCUT2D eigenvalue weighted by atomic mass is 35.5. The standard InChI is InChI=1S/C15H20N2O2.2ClH/c1-2-13(17-7-5-16-6-8-17)12-3-4-14-15(11-12)19-10-9-18-14;;/h2-4,11,13,16H,1,5-10H2;2*1H/t13-;;/m0../s1. The molecule has 1 N–H and O–H groups in total. The van der Waals surface area contributed by atoms with Gasteiger partial charge in [-0.3, -0.25) is 4.90 Å². The van der Waals surface area contributed by atoms with Crippen molar-refractivity contribution in [1.29, 1.82) is 0 Å². The van der Waals surface area contributed by atoms with Crippen molar-refractivity contribution < 1.29 is 9.47 Å². The van der Waals surface area contributed by atoms with E-state index >= 15 is 0 Å². The number of ether oxygens (including phenoxy) is 2. The van der Waals surface area contributed by atoms with Crippen LogP contribution in [0.3, 0.4) is 0 Å². The van der Waals surface area contributed by atoms with Gasteiger partial charge in [0, 0.05) is 26.2 Å². The molecule has 2 heterocycles. The van der Waals surface area contributed by atoms with Gasteiger partial charge in [0.25, 0.3) is 0 Å². The van der Waals surface area contributed by atoms with Gasteiger partial charge in [-0.2, -0.15) is 0 Å². The number of nitrogens with zero attached hydrogens (tertiary/aromatic N) is 1. The second-order valence-corrected chi connectivity index (χ2v) is 4.87. The maximum atomic E-state index is 5.66. The summed E-state index contributed by atoms with van der Waals surface area (Å²) in [6, 6.07) is 6.45. The second-order valence-electron chi connectivity index (χ2n) is 4.87. The Kier molecular flexibility index (Phi) is 7.32. The Hall–Kier alpha value is -0.940. The topological polar surface area (TPSA) is 33.7 Å². The van der Waals surface area contributed by atoms with Gasteiger partial charge in [-0.05, 0) is 17.7 Å². The summed E-state index contributed by atoms with van der Waals surface area (Å²) < 4.78 is 11.2. The average molecular weight is 333 g/mol. The summed E-state index contributed by atoms with van der Waals surface area (Å²) in [6.07, 6.45) is 2.01. The van der Waals surface area contributed by atoms with Crippen LogP contribution in [0.2, 0.25) is 0 Å². The van der Waals surface area contributed by atoms with Gasteiger partial charge in [0.1, 0.15) is 13.2 Å². The number of nitrogens with one attached hydrogen (secondary N) is 1. The summed E-state index contributed by atoms with van der Waals surface area (Å²) in [5, 5.41) is 3.37. The lowest BCUT2D eigenvalue weighted by Gasteiger charge is -2.33. The molecule has 2 aliphatic rings. The van der Waals surface area contributed by atoms with Gasteiger partial charge in [-0.15, -0.1) is 31.4 Å². The Morgan fingerprint density at radius 1 is 1.10 bits per heavy atom. The number of benzene rings is 1. The number of fused-ring (bicyclic) bond motifs is 1. The molecule has 3 rings (SSSR count). The van der Waals surface area contributed by atoms with Crippen LogP contribution in [0.25, 0.3) is 0 Å². The highest BCUT2D eigenvalue weighted by Gasteiger charge is 2.21. The van der Waals surface area contributed by atoms with Crippen molar-refractivity contribution in [3.8, 4) is 11.5 Å². The first-order chi connectivity index (χ1) is 9.38. The highest BCUT2D eigenvalue weighted by Crippen LogP contribution is 2.34. The van der Waals surface area contributed by atoms with Crippen LogP contribution in [0.15, 0.2) is 30.9 Å². The fraction of sp³-hybridized carbons (Fsp3) is 0.467. The summed E-state index contributed by atoms with van der Waals surface area (Å²) in [7, 11) is 0. The molecule has 1 saturated heterocycles. The fourth-order valence-corrected chi connectivity index (χ4v) is 2.70. The van der Waals surface area contributed by atoms with Crippen LogP contribution in [0.5, 0.6) is 11.5 Å². The quantitative estimate of drug-likeness (QED) is 0.862. The molecule has 0 aliphatic carbocycles. The first-order valence-electron chi connectivity index (χ1n) is 6.85. The minimum Gasteiger partial charge on any atom is -0.486 e. The van der Waals surface area contributed by atoms with Gasteiger partial charge >= 0.3 is 0 Å². The molecule has 0 saturated carbocycles. The van der Waals surface area contributed by atoms with E-state index in [1.165, 1.54) is 5.56 Å². The normalized spacial score (nSPS) is 18.9. The van der Waals surface area contributed by atoms with E-state index in [4.69, 9.17) is 9.47 Å². The largest absolute Gasteiger partial charge is 0.486 e. The molecule has 0 unspecified atom stereocenters. The lowest BCUT2D eigenvalue weighted by Crippen LogP contribution is -2.44. The van der Waals surface area contributed by atoms with Crippen LogP contribution < -0.4 is 14.8 Å². The van der Waals surface area contributed by atoms with Crippen LogP contribution in [0, 0.1) is 0 Å². The summed E-state index contributed by atoms with van der Waals surface area (Å²) >= 11 is 0. The predicted molar refractivity (Wildman–Crippen MR) is 89.3 cm³/mol. The third kappa shape index (κ3) is 4.04. The van der Waals surface area contributed by atoms with Gasteiger partial charge in [-0.1, -0.05) is 12.1 Å². The molecule has 1 aromatic carbocycles. The van der Waals surface area contributed by atoms with Gasteiger partial charge in [0.15, 0.2) is 11.5 Å². The molecule has 21 heavy (non-hydrogen) atoms. The zero-order valence-corrected chi connectivity index (χ0v) is 13.5. The second kappa shape index (κ2) is 8.49. The van der Waals surface area contributed by atoms with E-state index < -0.39 is 0 Å². The Morgan fingerprint density at radius 2 is 1.76 bits per heavy atom. The van der Waals surface area contributed by atoms with Crippen LogP contribution in [-0.2, 0) is 0 Å². The van der Waals surface area contributed by atoms with Gasteiger partial charge in [0.05, 0.1) is 6.04 Å². The Balaban J connectivity index is 0.00000110. The van der Waals surface area contributed by atoms with Crippen molar-refractivity contribution in [3.63, 3.8) is 0 Å². The van der Waals surface area contributed by atoms with E-state index in [1.54, 1.807) is 0 Å². The Bertz CT molecular complexity index is 465. The molecule has 1 aromatic rings. The van der Waals surface area contributed by atoms with Crippen LogP contribution in [-0.4, -0.2) is 44.3 Å². The summed E-state index contributed by atoms with van der Waals surface area (Å²) in [5.41, 5.74) is 1.22. The van der Waals surface area contributed by atoms with Gasteiger partial charge in [0.2, 0.25) is 0 Å². The molecular formula is C15H22Cl2N2O2. The number of piperazine rings is 1. The SMILES string of the molecule is C=C[C@@H](c1ccc2c(c1)OCCO2)N1CCNCC1.Cl.Cl. The monoisotopic (exact) mass is 332 g/mol. The van der Waals surface area contributed by atoms with Crippen LogP contribution >= 0.6 is 24.8 Å². The first-order valence-corrected chi connectivity index (χ1v) is 6.85. The van der Waals surface area contributed by atoms with E-state index in [0.29, 0.717) is 13.2 Å². The van der Waals surface area contributed by atoms with Crippen molar-refractivity contribution in [2.75, 3.05) is 39.4 Å². The van der Waals surface area contributed by atoms with Crippen molar-refractivity contribution in [1.82, 2.24) is 10.2 Å². The predicted octanol–water partition coefficient (Wildman–Crippen LogP) is 2.43. The number of halogens is 2.